The molecule has 1 atom stereocenters. The van der Waals surface area contributed by atoms with Gasteiger partial charge in [0.1, 0.15) is 0 Å². The van der Waals surface area contributed by atoms with E-state index in [2.05, 4.69) is 31.2 Å². The van der Waals surface area contributed by atoms with Gasteiger partial charge in [-0.2, -0.15) is 0 Å². The summed E-state index contributed by atoms with van der Waals surface area (Å²) in [6.07, 6.45) is 4.82. The normalized spacial score (nSPS) is 11.1. The summed E-state index contributed by atoms with van der Waals surface area (Å²) < 4.78 is 4.18. The average molecular weight is 203 g/mol. The Morgan fingerprint density at radius 1 is 1.36 bits per heavy atom. The van der Waals surface area contributed by atoms with Crippen LogP contribution in [0.1, 0.15) is 53.4 Å². The highest BCUT2D eigenvalue weighted by Gasteiger charge is 1.94. The van der Waals surface area contributed by atoms with E-state index in [1.54, 1.807) is 6.92 Å². The van der Waals surface area contributed by atoms with Crippen LogP contribution >= 0.6 is 0 Å². The molecule has 0 heterocycles. The van der Waals surface area contributed by atoms with Crippen LogP contribution in [0.5, 0.6) is 0 Å². The van der Waals surface area contributed by atoms with Gasteiger partial charge in [-0.3, -0.25) is 0 Å². The van der Waals surface area contributed by atoms with Crippen molar-refractivity contribution in [1.29, 1.82) is 0 Å². The number of rotatable bonds is 5. The second kappa shape index (κ2) is 12.3. The standard InChI is InChI=1S/C8H18.C3H7NO2/c1-4-6-7-8(3)5-2;1-2-6-3(4)5/h8H,4-7H2,1-3H3;2H2,1H3,(H2,4,5). The van der Waals surface area contributed by atoms with Crippen molar-refractivity contribution >= 4 is 6.09 Å². The SMILES string of the molecule is CCCCC(C)CC.CCOC(N)=O. The number of carbonyl (C=O) groups is 1. The van der Waals surface area contributed by atoms with E-state index in [4.69, 9.17) is 0 Å². The lowest BCUT2D eigenvalue weighted by Gasteiger charge is -2.04. The predicted octanol–water partition coefficient (Wildman–Crippen LogP) is 3.32. The summed E-state index contributed by atoms with van der Waals surface area (Å²) in [7, 11) is 0. The molecular formula is C11H25NO2. The molecule has 0 saturated heterocycles. The third-order valence-corrected chi connectivity index (χ3v) is 2.03. The second-order valence-corrected chi connectivity index (χ2v) is 3.41. The molecule has 0 aliphatic heterocycles. The largest absolute Gasteiger partial charge is 0.450 e. The third-order valence-electron chi connectivity index (χ3n) is 2.03. The zero-order valence-corrected chi connectivity index (χ0v) is 10.0. The van der Waals surface area contributed by atoms with Gasteiger partial charge in [-0.1, -0.05) is 46.5 Å². The number of carbonyl (C=O) groups excluding carboxylic acids is 1. The number of hydrogen-bond donors (Lipinski definition) is 1. The van der Waals surface area contributed by atoms with Gasteiger partial charge < -0.3 is 10.5 Å². The average Bonchev–Trinajstić information content (AvgIpc) is 2.15. The lowest BCUT2D eigenvalue weighted by Crippen LogP contribution is -2.11. The van der Waals surface area contributed by atoms with Gasteiger partial charge in [-0.15, -0.1) is 0 Å². The van der Waals surface area contributed by atoms with E-state index in [9.17, 15) is 4.79 Å². The van der Waals surface area contributed by atoms with Crippen LogP contribution in [0.4, 0.5) is 4.79 Å². The van der Waals surface area contributed by atoms with Crippen molar-refractivity contribution in [2.24, 2.45) is 11.7 Å². The molecule has 0 fully saturated rings. The second-order valence-electron chi connectivity index (χ2n) is 3.41. The minimum Gasteiger partial charge on any atom is -0.450 e. The van der Waals surface area contributed by atoms with Crippen molar-refractivity contribution in [3.8, 4) is 0 Å². The summed E-state index contributed by atoms with van der Waals surface area (Å²) in [6, 6.07) is 0. The Balaban J connectivity index is 0. The summed E-state index contributed by atoms with van der Waals surface area (Å²) in [5.74, 6) is 0.954. The maximum absolute atomic E-state index is 9.60. The van der Waals surface area contributed by atoms with Crippen LogP contribution in [0.15, 0.2) is 0 Å². The topological polar surface area (TPSA) is 52.3 Å². The summed E-state index contributed by atoms with van der Waals surface area (Å²) in [5, 5.41) is 0. The van der Waals surface area contributed by atoms with Crippen LogP contribution < -0.4 is 5.73 Å². The highest BCUT2D eigenvalue weighted by Crippen LogP contribution is 2.09. The molecular weight excluding hydrogens is 178 g/mol. The fourth-order valence-electron chi connectivity index (χ4n) is 0.899. The Labute approximate surface area is 88.0 Å². The van der Waals surface area contributed by atoms with Crippen molar-refractivity contribution in [3.63, 3.8) is 0 Å². The van der Waals surface area contributed by atoms with Crippen LogP contribution in [-0.2, 0) is 4.74 Å². The monoisotopic (exact) mass is 203 g/mol. The molecule has 0 aromatic carbocycles. The first-order valence-corrected chi connectivity index (χ1v) is 5.50. The van der Waals surface area contributed by atoms with Crippen molar-refractivity contribution < 1.29 is 9.53 Å². The Hall–Kier alpha value is -0.730. The summed E-state index contributed by atoms with van der Waals surface area (Å²) >= 11 is 0. The molecule has 0 aromatic heterocycles. The highest BCUT2D eigenvalue weighted by molar-refractivity contribution is 5.64. The molecule has 0 bridgehead atoms. The van der Waals surface area contributed by atoms with Crippen molar-refractivity contribution in [2.75, 3.05) is 6.61 Å². The molecule has 3 heteroatoms. The predicted molar refractivity (Wildman–Crippen MR) is 60.2 cm³/mol. The lowest BCUT2D eigenvalue weighted by atomic mass is 10.0. The molecule has 1 amide bonds. The Kier molecular flexibility index (Phi) is 13.8. The van der Waals surface area contributed by atoms with Crippen LogP contribution in [0.2, 0.25) is 0 Å². The van der Waals surface area contributed by atoms with Gasteiger partial charge in [-0.25, -0.2) is 4.79 Å². The van der Waals surface area contributed by atoms with Gasteiger partial charge in [0, 0.05) is 0 Å². The molecule has 0 aliphatic carbocycles. The van der Waals surface area contributed by atoms with Crippen molar-refractivity contribution in [2.45, 2.75) is 53.4 Å². The molecule has 0 aromatic rings. The van der Waals surface area contributed by atoms with Gasteiger partial charge in [0.25, 0.3) is 0 Å². The first kappa shape index (κ1) is 15.7. The van der Waals surface area contributed by atoms with Gasteiger partial charge >= 0.3 is 6.09 Å². The van der Waals surface area contributed by atoms with E-state index in [1.165, 1.54) is 25.7 Å². The fraction of sp³-hybridized carbons (Fsp3) is 0.909. The minimum atomic E-state index is -0.711. The molecule has 0 saturated carbocycles. The zero-order valence-electron chi connectivity index (χ0n) is 10.0. The molecule has 14 heavy (non-hydrogen) atoms. The number of ether oxygens (including phenoxy) is 1. The van der Waals surface area contributed by atoms with Crippen LogP contribution in [0, 0.1) is 5.92 Å². The molecule has 0 spiro atoms. The highest BCUT2D eigenvalue weighted by atomic mass is 16.5. The maximum Gasteiger partial charge on any atom is 0.404 e. The van der Waals surface area contributed by atoms with Crippen molar-refractivity contribution in [1.82, 2.24) is 0 Å². The van der Waals surface area contributed by atoms with E-state index in [0.717, 1.165) is 5.92 Å². The van der Waals surface area contributed by atoms with E-state index in [-0.39, 0.29) is 0 Å². The number of hydrogen-bond acceptors (Lipinski definition) is 2. The van der Waals surface area contributed by atoms with Crippen LogP contribution in [0.25, 0.3) is 0 Å². The van der Waals surface area contributed by atoms with Crippen LogP contribution in [0.3, 0.4) is 0 Å². The third kappa shape index (κ3) is 17.4. The van der Waals surface area contributed by atoms with E-state index in [1.807, 2.05) is 0 Å². The maximum atomic E-state index is 9.60. The molecule has 86 valence electrons. The van der Waals surface area contributed by atoms with E-state index >= 15 is 0 Å². The number of primary amides is 1. The first-order chi connectivity index (χ1) is 6.58. The first-order valence-electron chi connectivity index (χ1n) is 5.50. The summed E-state index contributed by atoms with van der Waals surface area (Å²) in [5.41, 5.74) is 4.54. The van der Waals surface area contributed by atoms with Gasteiger partial charge in [0.15, 0.2) is 0 Å². The van der Waals surface area contributed by atoms with Crippen molar-refractivity contribution in [3.05, 3.63) is 0 Å². The zero-order chi connectivity index (χ0) is 11.4. The molecule has 2 N–H and O–H groups in total. The molecule has 0 rings (SSSR count). The summed E-state index contributed by atoms with van der Waals surface area (Å²) in [6.45, 7) is 8.90. The molecule has 0 radical (unpaired) electrons. The van der Waals surface area contributed by atoms with Gasteiger partial charge in [0.05, 0.1) is 6.61 Å². The smallest absolute Gasteiger partial charge is 0.404 e. The number of amides is 1. The minimum absolute atomic E-state index is 0.356. The number of nitrogens with two attached hydrogens (primary N) is 1. The quantitative estimate of drug-likeness (QED) is 0.745. The van der Waals surface area contributed by atoms with Gasteiger partial charge in [0.2, 0.25) is 0 Å². The molecule has 3 nitrogen and oxygen atoms in total. The van der Waals surface area contributed by atoms with Gasteiger partial charge in [-0.05, 0) is 12.8 Å². The van der Waals surface area contributed by atoms with E-state index in [0.29, 0.717) is 6.61 Å². The number of unbranched alkanes of at least 4 members (excludes halogenated alkanes) is 1. The Bertz CT molecular complexity index is 126. The fourth-order valence-corrected chi connectivity index (χ4v) is 0.899. The summed E-state index contributed by atoms with van der Waals surface area (Å²) in [4.78, 5) is 9.60. The lowest BCUT2D eigenvalue weighted by molar-refractivity contribution is 0.163. The Morgan fingerprint density at radius 2 is 1.93 bits per heavy atom. The van der Waals surface area contributed by atoms with E-state index < -0.39 is 6.09 Å². The molecule has 0 aliphatic rings. The Morgan fingerprint density at radius 3 is 2.14 bits per heavy atom. The molecule has 1 unspecified atom stereocenters. The van der Waals surface area contributed by atoms with Crippen LogP contribution in [-0.4, -0.2) is 12.7 Å².